The zero-order valence-electron chi connectivity index (χ0n) is 9.08. The Kier molecular flexibility index (Phi) is 4.90. The highest BCUT2D eigenvalue weighted by molar-refractivity contribution is 5.80. The smallest absolute Gasteiger partial charge is 0.237 e. The molecule has 1 N–H and O–H groups in total. The van der Waals surface area contributed by atoms with Gasteiger partial charge in [-0.3, -0.25) is 10.1 Å². The predicted molar refractivity (Wildman–Crippen MR) is 54.9 cm³/mol. The molecule has 1 saturated heterocycles. The molecule has 0 aromatic carbocycles. The zero-order chi connectivity index (χ0) is 10.4. The number of ether oxygens (including phenoxy) is 1. The predicted octanol–water partition coefficient (Wildman–Crippen LogP) is 0.581. The second kappa shape index (κ2) is 5.98. The second-order valence-corrected chi connectivity index (χ2v) is 3.61. The van der Waals surface area contributed by atoms with Crippen LogP contribution in [0.5, 0.6) is 0 Å². The minimum absolute atomic E-state index is 0.164. The summed E-state index contributed by atoms with van der Waals surface area (Å²) in [5.41, 5.74) is 0. The maximum absolute atomic E-state index is 11.3. The zero-order valence-corrected chi connectivity index (χ0v) is 9.08. The number of carbonyl (C=O) groups excluding carboxylic acids is 1. The van der Waals surface area contributed by atoms with Crippen LogP contribution in [0.4, 0.5) is 0 Å². The summed E-state index contributed by atoms with van der Waals surface area (Å²) in [5.74, 6) is 0.177. The van der Waals surface area contributed by atoms with Crippen LogP contribution in [0, 0.1) is 0 Å². The molecule has 4 nitrogen and oxygen atoms in total. The first-order valence-electron chi connectivity index (χ1n) is 5.36. The highest BCUT2D eigenvalue weighted by Gasteiger charge is 2.25. The third kappa shape index (κ3) is 3.27. The van der Waals surface area contributed by atoms with E-state index in [1.807, 2.05) is 11.8 Å². The molecule has 82 valence electrons. The van der Waals surface area contributed by atoms with Crippen molar-refractivity contribution in [2.24, 2.45) is 0 Å². The summed E-state index contributed by atoms with van der Waals surface area (Å²) in [4.78, 5) is 13.1. The highest BCUT2D eigenvalue weighted by atomic mass is 16.5. The van der Waals surface area contributed by atoms with E-state index in [-0.39, 0.29) is 12.1 Å². The molecule has 4 heteroatoms. The molecule has 14 heavy (non-hydrogen) atoms. The van der Waals surface area contributed by atoms with E-state index in [0.29, 0.717) is 19.7 Å². The molecule has 1 aliphatic heterocycles. The van der Waals surface area contributed by atoms with Crippen LogP contribution in [-0.2, 0) is 9.53 Å². The van der Waals surface area contributed by atoms with E-state index < -0.39 is 0 Å². The van der Waals surface area contributed by atoms with E-state index in [0.717, 1.165) is 19.4 Å². The molecule has 0 aromatic rings. The van der Waals surface area contributed by atoms with Crippen molar-refractivity contribution in [2.75, 3.05) is 26.3 Å². The minimum atomic E-state index is 0.164. The van der Waals surface area contributed by atoms with Crippen LogP contribution >= 0.6 is 0 Å². The fourth-order valence-electron chi connectivity index (χ4n) is 1.49. The Morgan fingerprint density at radius 2 is 2.36 bits per heavy atom. The summed E-state index contributed by atoms with van der Waals surface area (Å²) in [6, 6.07) is 0. The van der Waals surface area contributed by atoms with E-state index in [4.69, 9.17) is 4.74 Å². The van der Waals surface area contributed by atoms with Gasteiger partial charge in [0.2, 0.25) is 5.91 Å². The maximum Gasteiger partial charge on any atom is 0.237 e. The first kappa shape index (κ1) is 11.5. The quantitative estimate of drug-likeness (QED) is 0.638. The molecule has 1 heterocycles. The summed E-state index contributed by atoms with van der Waals surface area (Å²) in [6.45, 7) is 6.77. The lowest BCUT2D eigenvalue weighted by atomic mass is 10.4. The molecule has 0 aliphatic carbocycles. The molecule has 1 rings (SSSR count). The molecule has 1 amide bonds. The topological polar surface area (TPSA) is 41.6 Å². The number of hydrogen-bond acceptors (Lipinski definition) is 3. The maximum atomic E-state index is 11.3. The Morgan fingerprint density at radius 3 is 2.93 bits per heavy atom. The van der Waals surface area contributed by atoms with Crippen LogP contribution in [0.1, 0.15) is 26.7 Å². The summed E-state index contributed by atoms with van der Waals surface area (Å²) >= 11 is 0. The average Bonchev–Trinajstić information content (AvgIpc) is 2.48. The second-order valence-electron chi connectivity index (χ2n) is 3.61. The molecular weight excluding hydrogens is 180 g/mol. The van der Waals surface area contributed by atoms with E-state index in [2.05, 4.69) is 12.2 Å². The van der Waals surface area contributed by atoms with Crippen LogP contribution in [0.25, 0.3) is 0 Å². The largest absolute Gasteiger partial charge is 0.380 e. The van der Waals surface area contributed by atoms with Gasteiger partial charge in [0.1, 0.15) is 0 Å². The number of hydrogen-bond donors (Lipinski definition) is 1. The normalized spacial score (nSPS) is 22.0. The Morgan fingerprint density at radius 1 is 1.57 bits per heavy atom. The Bertz CT molecular complexity index is 185. The molecular formula is C10H20N2O2. The lowest BCUT2D eigenvalue weighted by molar-refractivity contribution is -0.128. The fourth-order valence-corrected chi connectivity index (χ4v) is 1.49. The van der Waals surface area contributed by atoms with E-state index >= 15 is 0 Å². The standard InChI is InChI=1S/C10H20N2O2/c1-3-4-6-14-7-5-12-9(2)11-8-10(12)13/h9,11H,3-8H2,1-2H3. The van der Waals surface area contributed by atoms with Gasteiger partial charge in [0.05, 0.1) is 19.3 Å². The summed E-state index contributed by atoms with van der Waals surface area (Å²) in [7, 11) is 0. The number of nitrogens with zero attached hydrogens (tertiary/aromatic N) is 1. The van der Waals surface area contributed by atoms with E-state index in [1.165, 1.54) is 0 Å². The summed E-state index contributed by atoms with van der Waals surface area (Å²) < 4.78 is 5.41. The monoisotopic (exact) mass is 200 g/mol. The van der Waals surface area contributed by atoms with Gasteiger partial charge in [0.25, 0.3) is 0 Å². The lowest BCUT2D eigenvalue weighted by Crippen LogP contribution is -2.37. The Balaban J connectivity index is 2.08. The Hall–Kier alpha value is -0.610. The van der Waals surface area contributed by atoms with Gasteiger partial charge in [-0.25, -0.2) is 0 Å². The van der Waals surface area contributed by atoms with Crippen LogP contribution < -0.4 is 5.32 Å². The average molecular weight is 200 g/mol. The van der Waals surface area contributed by atoms with Crippen molar-refractivity contribution in [3.05, 3.63) is 0 Å². The van der Waals surface area contributed by atoms with Crippen LogP contribution in [0.3, 0.4) is 0 Å². The van der Waals surface area contributed by atoms with Crippen molar-refractivity contribution in [3.63, 3.8) is 0 Å². The van der Waals surface area contributed by atoms with Gasteiger partial charge in [0.15, 0.2) is 0 Å². The first-order valence-corrected chi connectivity index (χ1v) is 5.36. The van der Waals surface area contributed by atoms with Gasteiger partial charge in [-0.05, 0) is 13.3 Å². The van der Waals surface area contributed by atoms with Gasteiger partial charge in [-0.2, -0.15) is 0 Å². The van der Waals surface area contributed by atoms with Crippen molar-refractivity contribution < 1.29 is 9.53 Å². The number of nitrogens with one attached hydrogen (secondary N) is 1. The van der Waals surface area contributed by atoms with Gasteiger partial charge >= 0.3 is 0 Å². The van der Waals surface area contributed by atoms with E-state index in [9.17, 15) is 4.79 Å². The number of unbranched alkanes of at least 4 members (excludes halogenated alkanes) is 1. The van der Waals surface area contributed by atoms with Crippen molar-refractivity contribution >= 4 is 5.91 Å². The molecule has 1 atom stereocenters. The van der Waals surface area contributed by atoms with Gasteiger partial charge < -0.3 is 9.64 Å². The van der Waals surface area contributed by atoms with Crippen LogP contribution in [-0.4, -0.2) is 43.3 Å². The van der Waals surface area contributed by atoms with Gasteiger partial charge in [-0.1, -0.05) is 13.3 Å². The third-order valence-corrected chi connectivity index (χ3v) is 2.46. The van der Waals surface area contributed by atoms with Crippen LogP contribution in [0.2, 0.25) is 0 Å². The highest BCUT2D eigenvalue weighted by Crippen LogP contribution is 2.03. The van der Waals surface area contributed by atoms with Crippen molar-refractivity contribution in [2.45, 2.75) is 32.9 Å². The molecule has 0 radical (unpaired) electrons. The molecule has 0 bridgehead atoms. The number of carbonyl (C=O) groups is 1. The van der Waals surface area contributed by atoms with Gasteiger partial charge in [0, 0.05) is 13.2 Å². The molecule has 0 spiro atoms. The SMILES string of the molecule is CCCCOCCN1C(=O)CNC1C. The molecule has 1 unspecified atom stereocenters. The molecule has 1 fully saturated rings. The number of rotatable bonds is 6. The first-order chi connectivity index (χ1) is 6.75. The lowest BCUT2D eigenvalue weighted by Gasteiger charge is -2.20. The summed E-state index contributed by atoms with van der Waals surface area (Å²) in [6.07, 6.45) is 2.42. The van der Waals surface area contributed by atoms with Crippen molar-refractivity contribution in [1.82, 2.24) is 10.2 Å². The Labute approximate surface area is 85.6 Å². The van der Waals surface area contributed by atoms with Gasteiger partial charge in [-0.15, -0.1) is 0 Å². The summed E-state index contributed by atoms with van der Waals surface area (Å²) in [5, 5.41) is 3.09. The van der Waals surface area contributed by atoms with Crippen LogP contribution in [0.15, 0.2) is 0 Å². The van der Waals surface area contributed by atoms with E-state index in [1.54, 1.807) is 0 Å². The van der Waals surface area contributed by atoms with Crippen molar-refractivity contribution in [3.8, 4) is 0 Å². The molecule has 1 aliphatic rings. The fraction of sp³-hybridized carbons (Fsp3) is 0.900. The van der Waals surface area contributed by atoms with Crippen molar-refractivity contribution in [1.29, 1.82) is 0 Å². The molecule has 0 saturated carbocycles. The molecule has 0 aromatic heterocycles. The number of amides is 1. The third-order valence-electron chi connectivity index (χ3n) is 2.46. The minimum Gasteiger partial charge on any atom is -0.380 e.